The maximum absolute atomic E-state index is 9.09. The first kappa shape index (κ1) is 21.8. The summed E-state index contributed by atoms with van der Waals surface area (Å²) in [5.74, 6) is -2.09. The van der Waals surface area contributed by atoms with Gasteiger partial charge in [0.25, 0.3) is 5.97 Å². The first-order valence-corrected chi connectivity index (χ1v) is 9.37. The van der Waals surface area contributed by atoms with Crippen LogP contribution in [0.25, 0.3) is 0 Å². The fraction of sp³-hybridized carbons (Fsp3) is 1.00. The van der Waals surface area contributed by atoms with Gasteiger partial charge in [-0.2, -0.15) is 5.48 Å². The van der Waals surface area contributed by atoms with Gasteiger partial charge in [0.05, 0.1) is 0 Å². The molecule has 4 nitrogen and oxygen atoms in total. The van der Waals surface area contributed by atoms with E-state index in [1.54, 1.807) is 0 Å². The van der Waals surface area contributed by atoms with Gasteiger partial charge in [0, 0.05) is 13.0 Å². The Bertz CT molecular complexity index is 229. The van der Waals surface area contributed by atoms with Crippen molar-refractivity contribution in [1.29, 1.82) is 0 Å². The predicted molar refractivity (Wildman–Crippen MR) is 92.2 cm³/mol. The Hall–Kier alpha value is -0.160. The lowest BCUT2D eigenvalue weighted by atomic mass is 10.0. The van der Waals surface area contributed by atoms with Crippen molar-refractivity contribution in [3.63, 3.8) is 0 Å². The number of aliphatic hydroxyl groups is 2. The van der Waals surface area contributed by atoms with Crippen LogP contribution in [0.4, 0.5) is 0 Å². The maximum atomic E-state index is 9.09. The highest BCUT2D eigenvalue weighted by atomic mass is 16.8. The lowest BCUT2D eigenvalue weighted by Crippen LogP contribution is -2.39. The fourth-order valence-electron chi connectivity index (χ4n) is 2.60. The zero-order valence-electron chi connectivity index (χ0n) is 15.1. The maximum Gasteiger partial charge on any atom is 0.291 e. The molecule has 0 saturated heterocycles. The molecule has 0 aromatic rings. The first-order valence-electron chi connectivity index (χ1n) is 9.37. The van der Waals surface area contributed by atoms with Crippen molar-refractivity contribution in [3.05, 3.63) is 0 Å². The molecule has 0 aliphatic carbocycles. The SMILES string of the molecule is CCCCCCCCCCCCCC(CC)NOC(C)(O)O. The molecule has 0 radical (unpaired) electrons. The van der Waals surface area contributed by atoms with E-state index in [1.165, 1.54) is 77.6 Å². The van der Waals surface area contributed by atoms with Crippen LogP contribution in [0.5, 0.6) is 0 Å². The molecule has 0 aromatic heterocycles. The van der Waals surface area contributed by atoms with Crippen molar-refractivity contribution in [2.75, 3.05) is 0 Å². The third-order valence-electron chi connectivity index (χ3n) is 4.07. The zero-order valence-corrected chi connectivity index (χ0v) is 15.1. The number of unbranched alkanes of at least 4 members (excludes halogenated alkanes) is 10. The second kappa shape index (κ2) is 14.4. The van der Waals surface area contributed by atoms with Gasteiger partial charge >= 0.3 is 0 Å². The van der Waals surface area contributed by atoms with Gasteiger partial charge in [-0.3, -0.25) is 0 Å². The van der Waals surface area contributed by atoms with Gasteiger partial charge in [0.2, 0.25) is 0 Å². The van der Waals surface area contributed by atoms with Crippen LogP contribution in [0.3, 0.4) is 0 Å². The number of hydroxylamine groups is 1. The van der Waals surface area contributed by atoms with Crippen LogP contribution in [0.2, 0.25) is 0 Å². The summed E-state index contributed by atoms with van der Waals surface area (Å²) in [6.07, 6.45) is 16.7. The second-order valence-electron chi connectivity index (χ2n) is 6.58. The molecule has 4 heteroatoms. The Morgan fingerprint density at radius 2 is 1.27 bits per heavy atom. The smallest absolute Gasteiger partial charge is 0.291 e. The molecule has 0 saturated carbocycles. The Morgan fingerprint density at radius 1 is 0.818 bits per heavy atom. The highest BCUT2D eigenvalue weighted by Crippen LogP contribution is 2.13. The predicted octanol–water partition coefficient (Wildman–Crippen LogP) is 4.65. The molecule has 1 atom stereocenters. The molecule has 0 aliphatic heterocycles. The molecule has 0 amide bonds. The average Bonchev–Trinajstić information content (AvgIpc) is 2.46. The number of rotatable bonds is 16. The molecule has 22 heavy (non-hydrogen) atoms. The summed E-state index contributed by atoms with van der Waals surface area (Å²) in [7, 11) is 0. The molecule has 0 bridgehead atoms. The van der Waals surface area contributed by atoms with Gasteiger partial charge < -0.3 is 10.2 Å². The minimum Gasteiger partial charge on any atom is -0.343 e. The van der Waals surface area contributed by atoms with Crippen LogP contribution in [-0.2, 0) is 4.84 Å². The van der Waals surface area contributed by atoms with E-state index in [-0.39, 0.29) is 6.04 Å². The van der Waals surface area contributed by atoms with Crippen LogP contribution in [0, 0.1) is 0 Å². The summed E-state index contributed by atoms with van der Waals surface area (Å²) >= 11 is 0. The van der Waals surface area contributed by atoms with Crippen molar-refractivity contribution < 1.29 is 15.1 Å². The van der Waals surface area contributed by atoms with E-state index in [0.29, 0.717) is 0 Å². The second-order valence-corrected chi connectivity index (χ2v) is 6.58. The van der Waals surface area contributed by atoms with Crippen LogP contribution in [0.15, 0.2) is 0 Å². The largest absolute Gasteiger partial charge is 0.343 e. The monoisotopic (exact) mass is 317 g/mol. The van der Waals surface area contributed by atoms with Crippen molar-refractivity contribution in [1.82, 2.24) is 5.48 Å². The third kappa shape index (κ3) is 16.2. The Morgan fingerprint density at radius 3 is 1.68 bits per heavy atom. The van der Waals surface area contributed by atoms with E-state index in [2.05, 4.69) is 19.3 Å². The van der Waals surface area contributed by atoms with E-state index in [1.807, 2.05) is 0 Å². The van der Waals surface area contributed by atoms with E-state index >= 15 is 0 Å². The summed E-state index contributed by atoms with van der Waals surface area (Å²) in [6, 6.07) is 0.192. The number of nitrogens with one attached hydrogen (secondary N) is 1. The van der Waals surface area contributed by atoms with Crippen LogP contribution >= 0.6 is 0 Å². The first-order chi connectivity index (χ1) is 10.5. The summed E-state index contributed by atoms with van der Waals surface area (Å²) in [6.45, 7) is 5.54. The van der Waals surface area contributed by atoms with E-state index in [0.717, 1.165) is 12.8 Å². The molecule has 0 fully saturated rings. The van der Waals surface area contributed by atoms with Gasteiger partial charge in [-0.1, -0.05) is 84.5 Å². The molecule has 0 aromatic carbocycles. The molecular formula is C18H39NO3. The van der Waals surface area contributed by atoms with Crippen LogP contribution in [0.1, 0.15) is 104 Å². The number of hydrogen-bond donors (Lipinski definition) is 3. The van der Waals surface area contributed by atoms with Gasteiger partial charge in [0.1, 0.15) is 0 Å². The van der Waals surface area contributed by atoms with E-state index in [9.17, 15) is 0 Å². The molecule has 0 aliphatic rings. The minimum absolute atomic E-state index is 0.192. The molecule has 1 unspecified atom stereocenters. The van der Waals surface area contributed by atoms with Crippen molar-refractivity contribution in [2.24, 2.45) is 0 Å². The lowest BCUT2D eigenvalue weighted by molar-refractivity contribution is -0.354. The van der Waals surface area contributed by atoms with Crippen molar-refractivity contribution in [3.8, 4) is 0 Å². The normalized spacial score (nSPS) is 13.5. The quantitative estimate of drug-likeness (QED) is 0.220. The third-order valence-corrected chi connectivity index (χ3v) is 4.07. The molecule has 0 rings (SSSR count). The minimum atomic E-state index is -2.09. The topological polar surface area (TPSA) is 61.7 Å². The van der Waals surface area contributed by atoms with Crippen molar-refractivity contribution >= 4 is 0 Å². The Kier molecular flexibility index (Phi) is 14.3. The average molecular weight is 318 g/mol. The summed E-state index contributed by atoms with van der Waals surface area (Å²) < 4.78 is 0. The fourth-order valence-corrected chi connectivity index (χ4v) is 2.60. The van der Waals surface area contributed by atoms with Gasteiger partial charge in [0.15, 0.2) is 0 Å². The van der Waals surface area contributed by atoms with E-state index in [4.69, 9.17) is 15.1 Å². The highest BCUT2D eigenvalue weighted by molar-refractivity contribution is 4.60. The summed E-state index contributed by atoms with van der Waals surface area (Å²) in [5.41, 5.74) is 2.74. The zero-order chi connectivity index (χ0) is 16.7. The van der Waals surface area contributed by atoms with Gasteiger partial charge in [-0.15, -0.1) is 0 Å². The molecule has 134 valence electrons. The molecule has 0 heterocycles. The van der Waals surface area contributed by atoms with Crippen molar-refractivity contribution in [2.45, 2.75) is 116 Å². The Balaban J connectivity index is 3.33. The van der Waals surface area contributed by atoms with Crippen LogP contribution in [-0.4, -0.2) is 22.2 Å². The molecule has 0 spiro atoms. The lowest BCUT2D eigenvalue weighted by Gasteiger charge is -2.22. The summed E-state index contributed by atoms with van der Waals surface area (Å²) in [4.78, 5) is 4.79. The van der Waals surface area contributed by atoms with E-state index < -0.39 is 5.97 Å². The standard InChI is InChI=1S/C18H39NO3/c1-4-6-7-8-9-10-11-12-13-14-15-16-17(5-2)19-22-18(3,20)21/h17,19-21H,4-16H2,1-3H3. The van der Waals surface area contributed by atoms with Crippen LogP contribution < -0.4 is 5.48 Å². The Labute approximate surface area is 137 Å². The summed E-state index contributed by atoms with van der Waals surface area (Å²) in [5, 5.41) is 18.2. The van der Waals surface area contributed by atoms with Gasteiger partial charge in [-0.25, -0.2) is 4.84 Å². The number of hydrogen-bond acceptors (Lipinski definition) is 4. The molecular weight excluding hydrogens is 278 g/mol. The highest BCUT2D eigenvalue weighted by Gasteiger charge is 2.17. The molecule has 3 N–H and O–H groups in total. The van der Waals surface area contributed by atoms with Gasteiger partial charge in [-0.05, 0) is 12.8 Å².